The van der Waals surface area contributed by atoms with E-state index in [0.717, 1.165) is 21.0 Å². The van der Waals surface area contributed by atoms with Crippen LogP contribution in [0.4, 0.5) is 0 Å². The van der Waals surface area contributed by atoms with Crippen molar-refractivity contribution < 1.29 is 14.6 Å². The predicted molar refractivity (Wildman–Crippen MR) is 68.1 cm³/mol. The number of aliphatic hydroxyl groups excluding tert-OH is 1. The molecular formula is C13H13NO3S. The highest BCUT2D eigenvalue weighted by molar-refractivity contribution is 7.15. The number of ether oxygens (including phenoxy) is 2. The summed E-state index contributed by atoms with van der Waals surface area (Å²) in [6.45, 7) is 1.28. The van der Waals surface area contributed by atoms with Crippen LogP contribution in [0.2, 0.25) is 0 Å². The van der Waals surface area contributed by atoms with Crippen LogP contribution in [0.25, 0.3) is 10.6 Å². The first-order chi connectivity index (χ1) is 8.88. The molecule has 1 aromatic heterocycles. The van der Waals surface area contributed by atoms with Crippen molar-refractivity contribution in [3.63, 3.8) is 0 Å². The zero-order valence-corrected chi connectivity index (χ0v) is 10.5. The third kappa shape index (κ3) is 2.18. The molecule has 1 fully saturated rings. The molecule has 3 rings (SSSR count). The van der Waals surface area contributed by atoms with E-state index in [1.807, 2.05) is 24.3 Å². The Morgan fingerprint density at radius 2 is 2.06 bits per heavy atom. The highest BCUT2D eigenvalue weighted by atomic mass is 32.1. The molecule has 1 saturated heterocycles. The molecule has 0 aliphatic carbocycles. The lowest BCUT2D eigenvalue weighted by atomic mass is 10.1. The lowest BCUT2D eigenvalue weighted by Gasteiger charge is -2.05. The third-order valence-electron chi connectivity index (χ3n) is 2.80. The van der Waals surface area contributed by atoms with Gasteiger partial charge in [0.05, 0.1) is 24.7 Å². The SMILES string of the molecule is OCc1ccccc1-c1ncc(C2OCCO2)s1. The van der Waals surface area contributed by atoms with E-state index >= 15 is 0 Å². The van der Waals surface area contributed by atoms with Gasteiger partial charge in [-0.1, -0.05) is 24.3 Å². The van der Waals surface area contributed by atoms with E-state index in [2.05, 4.69) is 4.98 Å². The van der Waals surface area contributed by atoms with Gasteiger partial charge >= 0.3 is 0 Å². The lowest BCUT2D eigenvalue weighted by Crippen LogP contribution is -1.93. The van der Waals surface area contributed by atoms with E-state index in [0.29, 0.717) is 13.2 Å². The zero-order valence-electron chi connectivity index (χ0n) is 9.70. The highest BCUT2D eigenvalue weighted by Gasteiger charge is 2.21. The summed E-state index contributed by atoms with van der Waals surface area (Å²) in [5, 5.41) is 10.2. The molecule has 1 aliphatic heterocycles. The van der Waals surface area contributed by atoms with Crippen molar-refractivity contribution in [1.29, 1.82) is 0 Å². The Morgan fingerprint density at radius 3 is 2.83 bits per heavy atom. The Labute approximate surface area is 109 Å². The van der Waals surface area contributed by atoms with E-state index in [4.69, 9.17) is 9.47 Å². The highest BCUT2D eigenvalue weighted by Crippen LogP contribution is 2.33. The van der Waals surface area contributed by atoms with Gasteiger partial charge in [-0.15, -0.1) is 11.3 Å². The van der Waals surface area contributed by atoms with Gasteiger partial charge in [0.25, 0.3) is 0 Å². The van der Waals surface area contributed by atoms with Crippen molar-refractivity contribution in [2.24, 2.45) is 0 Å². The van der Waals surface area contributed by atoms with Gasteiger partial charge in [0, 0.05) is 11.8 Å². The number of nitrogens with zero attached hydrogens (tertiary/aromatic N) is 1. The summed E-state index contributed by atoms with van der Waals surface area (Å²) in [6, 6.07) is 7.72. The Bertz CT molecular complexity index is 535. The number of aliphatic hydroxyl groups is 1. The van der Waals surface area contributed by atoms with Crippen molar-refractivity contribution in [2.45, 2.75) is 12.9 Å². The second-order valence-corrected chi connectivity index (χ2v) is 5.02. The fourth-order valence-corrected chi connectivity index (χ4v) is 2.89. The van der Waals surface area contributed by atoms with Gasteiger partial charge in [0.2, 0.25) is 0 Å². The van der Waals surface area contributed by atoms with E-state index in [-0.39, 0.29) is 12.9 Å². The Kier molecular flexibility index (Phi) is 3.38. The summed E-state index contributed by atoms with van der Waals surface area (Å²) in [5.74, 6) is 0. The minimum Gasteiger partial charge on any atom is -0.392 e. The zero-order chi connectivity index (χ0) is 12.4. The first kappa shape index (κ1) is 11.8. The molecule has 94 valence electrons. The summed E-state index contributed by atoms with van der Waals surface area (Å²) in [7, 11) is 0. The van der Waals surface area contributed by atoms with Crippen molar-refractivity contribution in [3.8, 4) is 10.6 Å². The Morgan fingerprint density at radius 1 is 1.28 bits per heavy atom. The first-order valence-corrected chi connectivity index (χ1v) is 6.58. The predicted octanol–water partition coefficient (Wildman–Crippen LogP) is 2.35. The van der Waals surface area contributed by atoms with Crippen LogP contribution in [0.15, 0.2) is 30.5 Å². The first-order valence-electron chi connectivity index (χ1n) is 5.76. The normalized spacial score (nSPS) is 16.3. The molecule has 0 unspecified atom stereocenters. The van der Waals surface area contributed by atoms with Gasteiger partial charge in [-0.25, -0.2) is 4.98 Å². The number of aromatic nitrogens is 1. The molecule has 0 atom stereocenters. The molecule has 2 aromatic rings. The number of thiazole rings is 1. The minimum atomic E-state index is -0.280. The molecule has 0 saturated carbocycles. The van der Waals surface area contributed by atoms with Crippen LogP contribution >= 0.6 is 11.3 Å². The second kappa shape index (κ2) is 5.16. The fraction of sp³-hybridized carbons (Fsp3) is 0.308. The quantitative estimate of drug-likeness (QED) is 0.923. The molecule has 5 heteroatoms. The van der Waals surface area contributed by atoms with E-state index in [1.54, 1.807) is 17.5 Å². The van der Waals surface area contributed by atoms with Crippen LogP contribution in [0.5, 0.6) is 0 Å². The molecule has 0 radical (unpaired) electrons. The molecule has 2 heterocycles. The van der Waals surface area contributed by atoms with Crippen LogP contribution < -0.4 is 0 Å². The molecule has 1 N–H and O–H groups in total. The molecule has 0 spiro atoms. The summed E-state index contributed by atoms with van der Waals surface area (Å²) >= 11 is 1.54. The molecule has 0 bridgehead atoms. The van der Waals surface area contributed by atoms with Crippen molar-refractivity contribution in [1.82, 2.24) is 4.98 Å². The molecule has 4 nitrogen and oxygen atoms in total. The largest absolute Gasteiger partial charge is 0.392 e. The molecular weight excluding hydrogens is 250 g/mol. The Hall–Kier alpha value is -1.27. The molecule has 18 heavy (non-hydrogen) atoms. The number of rotatable bonds is 3. The van der Waals surface area contributed by atoms with Crippen LogP contribution in [-0.4, -0.2) is 23.3 Å². The van der Waals surface area contributed by atoms with Crippen LogP contribution in [0.3, 0.4) is 0 Å². The topological polar surface area (TPSA) is 51.6 Å². The van der Waals surface area contributed by atoms with Crippen molar-refractivity contribution in [3.05, 3.63) is 40.9 Å². The summed E-state index contributed by atoms with van der Waals surface area (Å²) < 4.78 is 10.9. The van der Waals surface area contributed by atoms with Crippen LogP contribution in [0.1, 0.15) is 16.7 Å². The smallest absolute Gasteiger partial charge is 0.194 e. The van der Waals surface area contributed by atoms with Gasteiger partial charge in [-0.3, -0.25) is 0 Å². The van der Waals surface area contributed by atoms with Gasteiger partial charge in [-0.2, -0.15) is 0 Å². The van der Waals surface area contributed by atoms with E-state index in [9.17, 15) is 5.11 Å². The molecule has 0 amide bonds. The maximum absolute atomic E-state index is 9.33. The minimum absolute atomic E-state index is 0.0154. The summed E-state index contributed by atoms with van der Waals surface area (Å²) in [5.41, 5.74) is 1.85. The van der Waals surface area contributed by atoms with Crippen LogP contribution in [-0.2, 0) is 16.1 Å². The van der Waals surface area contributed by atoms with Gasteiger partial charge in [-0.05, 0) is 5.56 Å². The summed E-state index contributed by atoms with van der Waals surface area (Å²) in [6.07, 6.45) is 1.50. The maximum Gasteiger partial charge on any atom is 0.194 e. The van der Waals surface area contributed by atoms with Gasteiger partial charge in [0.15, 0.2) is 6.29 Å². The monoisotopic (exact) mass is 263 g/mol. The standard InChI is InChI=1S/C13H13NO3S/c15-8-9-3-1-2-4-10(9)12-14-7-11(18-12)13-16-5-6-17-13/h1-4,7,13,15H,5-6,8H2. The Balaban J connectivity index is 1.92. The summed E-state index contributed by atoms with van der Waals surface area (Å²) in [4.78, 5) is 5.35. The average Bonchev–Trinajstić information content (AvgIpc) is 3.09. The van der Waals surface area contributed by atoms with Crippen molar-refractivity contribution >= 4 is 11.3 Å². The van der Waals surface area contributed by atoms with Gasteiger partial charge < -0.3 is 14.6 Å². The number of hydrogen-bond acceptors (Lipinski definition) is 5. The molecule has 1 aromatic carbocycles. The average molecular weight is 263 g/mol. The number of benzene rings is 1. The van der Waals surface area contributed by atoms with E-state index in [1.165, 1.54) is 0 Å². The van der Waals surface area contributed by atoms with Crippen molar-refractivity contribution in [2.75, 3.05) is 13.2 Å². The lowest BCUT2D eigenvalue weighted by molar-refractivity contribution is -0.0414. The third-order valence-corrected chi connectivity index (χ3v) is 3.85. The molecule has 1 aliphatic rings. The van der Waals surface area contributed by atoms with E-state index < -0.39 is 0 Å². The van der Waals surface area contributed by atoms with Crippen LogP contribution in [0, 0.1) is 0 Å². The second-order valence-electron chi connectivity index (χ2n) is 3.96. The number of hydrogen-bond donors (Lipinski definition) is 1. The maximum atomic E-state index is 9.33. The fourth-order valence-electron chi connectivity index (χ4n) is 1.91. The van der Waals surface area contributed by atoms with Gasteiger partial charge in [0.1, 0.15) is 5.01 Å².